The van der Waals surface area contributed by atoms with Crippen LogP contribution in [0.4, 0.5) is 0 Å². The predicted octanol–water partition coefficient (Wildman–Crippen LogP) is 2.77. The average Bonchev–Trinajstić information content (AvgIpc) is 2.29. The number of ether oxygens (including phenoxy) is 1. The lowest BCUT2D eigenvalue weighted by Crippen LogP contribution is -2.27. The molecule has 1 N–H and O–H groups in total. The van der Waals surface area contributed by atoms with E-state index in [9.17, 15) is 9.90 Å². The maximum absolute atomic E-state index is 11.6. The lowest BCUT2D eigenvalue weighted by atomic mass is 10.0. The van der Waals surface area contributed by atoms with Gasteiger partial charge in [-0.25, -0.2) is 4.79 Å². The van der Waals surface area contributed by atoms with Crippen LogP contribution in [0.3, 0.4) is 0 Å². The van der Waals surface area contributed by atoms with Crippen LogP contribution in [0.5, 0.6) is 0 Å². The van der Waals surface area contributed by atoms with Gasteiger partial charge in [0.05, 0.1) is 17.8 Å². The molecule has 0 spiro atoms. The first-order valence-corrected chi connectivity index (χ1v) is 6.68. The van der Waals surface area contributed by atoms with Gasteiger partial charge >= 0.3 is 5.97 Å². The average molecular weight is 301 g/mol. The molecule has 17 heavy (non-hydrogen) atoms. The first-order valence-electron chi connectivity index (χ1n) is 5.56. The molecule has 1 aromatic rings. The number of aliphatic hydroxyl groups is 1. The van der Waals surface area contributed by atoms with Gasteiger partial charge in [0, 0.05) is 11.8 Å². The van der Waals surface area contributed by atoms with Crippen molar-refractivity contribution in [2.24, 2.45) is 0 Å². The van der Waals surface area contributed by atoms with Crippen molar-refractivity contribution in [2.75, 3.05) is 11.9 Å². The smallest absolute Gasteiger partial charge is 0.338 e. The first-order chi connectivity index (χ1) is 8.05. The molecule has 0 aromatic heterocycles. The van der Waals surface area contributed by atoms with Crippen LogP contribution in [0.1, 0.15) is 30.1 Å². The number of hydrogen-bond donors (Lipinski definition) is 1. The van der Waals surface area contributed by atoms with E-state index in [1.165, 1.54) is 0 Å². The van der Waals surface area contributed by atoms with Crippen molar-refractivity contribution in [3.63, 3.8) is 0 Å². The molecule has 0 amide bonds. The minimum Gasteiger partial charge on any atom is -0.462 e. The van der Waals surface area contributed by atoms with Crippen molar-refractivity contribution in [1.82, 2.24) is 0 Å². The molecule has 0 saturated heterocycles. The minimum atomic E-state index is -0.791. The zero-order valence-corrected chi connectivity index (χ0v) is 11.4. The molecular formula is C13H17BrO3. The van der Waals surface area contributed by atoms with Crippen LogP contribution in [0.2, 0.25) is 0 Å². The molecule has 4 heteroatoms. The van der Waals surface area contributed by atoms with Crippen LogP contribution in [0, 0.1) is 0 Å². The Morgan fingerprint density at radius 2 is 2.00 bits per heavy atom. The summed E-state index contributed by atoms with van der Waals surface area (Å²) in [5, 5.41) is 10.6. The third kappa shape index (κ3) is 5.33. The number of hydrogen-bond acceptors (Lipinski definition) is 3. The summed E-state index contributed by atoms with van der Waals surface area (Å²) in [5.74, 6) is -0.347. The molecule has 3 nitrogen and oxygen atoms in total. The normalized spacial score (nSPS) is 14.1. The Kier molecular flexibility index (Phi) is 5.65. The molecule has 1 atom stereocenters. The highest BCUT2D eigenvalue weighted by atomic mass is 79.9. The highest BCUT2D eigenvalue weighted by Gasteiger charge is 2.19. The zero-order chi connectivity index (χ0) is 12.7. The maximum Gasteiger partial charge on any atom is 0.338 e. The molecule has 1 rings (SSSR count). The number of halogens is 1. The largest absolute Gasteiger partial charge is 0.462 e. The van der Waals surface area contributed by atoms with Gasteiger partial charge in [0.15, 0.2) is 0 Å². The van der Waals surface area contributed by atoms with Gasteiger partial charge in [0.1, 0.15) is 0 Å². The first kappa shape index (κ1) is 14.2. The van der Waals surface area contributed by atoms with E-state index >= 15 is 0 Å². The molecule has 0 saturated carbocycles. The Morgan fingerprint density at radius 1 is 1.35 bits per heavy atom. The summed E-state index contributed by atoms with van der Waals surface area (Å²) in [7, 11) is 0. The van der Waals surface area contributed by atoms with E-state index in [2.05, 4.69) is 15.9 Å². The van der Waals surface area contributed by atoms with Crippen LogP contribution in [0.25, 0.3) is 0 Å². The fourth-order valence-corrected chi connectivity index (χ4v) is 2.20. The lowest BCUT2D eigenvalue weighted by molar-refractivity contribution is 0.0137. The molecule has 94 valence electrons. The van der Waals surface area contributed by atoms with E-state index < -0.39 is 5.60 Å². The number of benzene rings is 1. The van der Waals surface area contributed by atoms with E-state index in [4.69, 9.17) is 4.74 Å². The Hall–Kier alpha value is -0.870. The SMILES string of the molecule is C[C@@](O)(CCBr)CCOC(=O)c1ccccc1. The Bertz CT molecular complexity index is 349. The second kappa shape index (κ2) is 6.77. The van der Waals surface area contributed by atoms with Crippen LogP contribution in [0.15, 0.2) is 30.3 Å². The van der Waals surface area contributed by atoms with Gasteiger partial charge in [-0.15, -0.1) is 0 Å². The van der Waals surface area contributed by atoms with Crippen LogP contribution in [-0.4, -0.2) is 28.6 Å². The summed E-state index contributed by atoms with van der Waals surface area (Å²) in [6.07, 6.45) is 1.08. The van der Waals surface area contributed by atoms with Crippen LogP contribution >= 0.6 is 15.9 Å². The number of carbonyl (C=O) groups excluding carboxylic acids is 1. The Morgan fingerprint density at radius 3 is 2.59 bits per heavy atom. The number of rotatable bonds is 6. The molecule has 0 aliphatic carbocycles. The summed E-state index contributed by atoms with van der Waals surface area (Å²) < 4.78 is 5.10. The second-order valence-corrected chi connectivity index (χ2v) is 4.98. The molecule has 1 aromatic carbocycles. The molecule has 0 radical (unpaired) electrons. The highest BCUT2D eigenvalue weighted by molar-refractivity contribution is 9.09. The quantitative estimate of drug-likeness (QED) is 0.649. The zero-order valence-electron chi connectivity index (χ0n) is 9.86. The summed E-state index contributed by atoms with van der Waals surface area (Å²) >= 11 is 3.27. The van der Waals surface area contributed by atoms with Crippen molar-refractivity contribution in [1.29, 1.82) is 0 Å². The van der Waals surface area contributed by atoms with Gasteiger partial charge in [0.25, 0.3) is 0 Å². The summed E-state index contributed by atoms with van der Waals surface area (Å²) in [5.41, 5.74) is -0.256. The van der Waals surface area contributed by atoms with Gasteiger partial charge in [0.2, 0.25) is 0 Å². The third-order valence-corrected chi connectivity index (χ3v) is 2.91. The molecule has 0 aliphatic rings. The highest BCUT2D eigenvalue weighted by Crippen LogP contribution is 2.16. The fraction of sp³-hybridized carbons (Fsp3) is 0.462. The second-order valence-electron chi connectivity index (χ2n) is 4.19. The van der Waals surface area contributed by atoms with Gasteiger partial charge in [-0.05, 0) is 25.5 Å². The van der Waals surface area contributed by atoms with Crippen LogP contribution in [-0.2, 0) is 4.74 Å². The van der Waals surface area contributed by atoms with Gasteiger partial charge in [-0.2, -0.15) is 0 Å². The van der Waals surface area contributed by atoms with Crippen molar-refractivity contribution in [3.8, 4) is 0 Å². The van der Waals surface area contributed by atoms with Crippen molar-refractivity contribution in [2.45, 2.75) is 25.4 Å². The van der Waals surface area contributed by atoms with E-state index in [1.807, 2.05) is 6.07 Å². The number of esters is 1. The van der Waals surface area contributed by atoms with E-state index in [0.717, 1.165) is 5.33 Å². The predicted molar refractivity (Wildman–Crippen MR) is 70.4 cm³/mol. The van der Waals surface area contributed by atoms with Crippen LogP contribution < -0.4 is 0 Å². The van der Waals surface area contributed by atoms with Gasteiger partial charge in [-0.3, -0.25) is 0 Å². The molecule has 0 bridgehead atoms. The third-order valence-electron chi connectivity index (χ3n) is 2.52. The molecular weight excluding hydrogens is 284 g/mol. The fourth-order valence-electron chi connectivity index (χ4n) is 1.35. The summed E-state index contributed by atoms with van der Waals surface area (Å²) in [6, 6.07) is 8.84. The topological polar surface area (TPSA) is 46.5 Å². The molecule has 0 aliphatic heterocycles. The van der Waals surface area contributed by atoms with Crippen molar-refractivity contribution < 1.29 is 14.6 Å². The van der Waals surface area contributed by atoms with Crippen molar-refractivity contribution >= 4 is 21.9 Å². The number of carbonyl (C=O) groups is 1. The molecule has 0 heterocycles. The standard InChI is InChI=1S/C13H17BrO3/c1-13(16,7-9-14)8-10-17-12(15)11-5-3-2-4-6-11/h2-6,16H,7-10H2,1H3/t13-/m1/s1. The van der Waals surface area contributed by atoms with Gasteiger partial charge in [-0.1, -0.05) is 34.1 Å². The molecule has 0 unspecified atom stereocenters. The van der Waals surface area contributed by atoms with Gasteiger partial charge < -0.3 is 9.84 Å². The van der Waals surface area contributed by atoms with E-state index in [-0.39, 0.29) is 12.6 Å². The monoisotopic (exact) mass is 300 g/mol. The van der Waals surface area contributed by atoms with E-state index in [0.29, 0.717) is 18.4 Å². The lowest BCUT2D eigenvalue weighted by Gasteiger charge is -2.21. The summed E-state index contributed by atoms with van der Waals surface area (Å²) in [6.45, 7) is 1.97. The summed E-state index contributed by atoms with van der Waals surface area (Å²) in [4.78, 5) is 11.6. The minimum absolute atomic E-state index is 0.230. The maximum atomic E-state index is 11.6. The number of alkyl halides is 1. The van der Waals surface area contributed by atoms with Crippen molar-refractivity contribution in [3.05, 3.63) is 35.9 Å². The molecule has 0 fully saturated rings. The Balaban J connectivity index is 2.35. The Labute approximate surface area is 110 Å². The van der Waals surface area contributed by atoms with E-state index in [1.54, 1.807) is 31.2 Å².